The van der Waals surface area contributed by atoms with Gasteiger partial charge < -0.3 is 15.0 Å². The molecule has 2 aliphatic heterocycles. The number of imide groups is 1. The molecule has 4 amide bonds. The van der Waals surface area contributed by atoms with Crippen LogP contribution in [0.3, 0.4) is 0 Å². The maximum absolute atomic E-state index is 12.5. The number of esters is 1. The van der Waals surface area contributed by atoms with Gasteiger partial charge in [0.2, 0.25) is 5.91 Å². The van der Waals surface area contributed by atoms with Gasteiger partial charge in [0.1, 0.15) is 6.04 Å². The molecule has 0 unspecified atom stereocenters. The second-order valence-electron chi connectivity index (χ2n) is 7.00. The minimum atomic E-state index is -1.15. The monoisotopic (exact) mass is 405 g/mol. The first-order valence-corrected chi connectivity index (χ1v) is 10.1. The second-order valence-corrected chi connectivity index (χ2v) is 8.50. The molecule has 1 aromatic rings. The summed E-state index contributed by atoms with van der Waals surface area (Å²) in [6.45, 7) is 3.59. The Morgan fingerprint density at radius 3 is 2.75 bits per heavy atom. The quantitative estimate of drug-likeness (QED) is 0.718. The smallest absolute Gasteiger partial charge is 0.330 e. The molecule has 2 heterocycles. The zero-order valence-corrected chi connectivity index (χ0v) is 16.6. The van der Waals surface area contributed by atoms with Gasteiger partial charge in [-0.2, -0.15) is 0 Å². The van der Waals surface area contributed by atoms with Crippen molar-refractivity contribution in [1.29, 1.82) is 0 Å². The number of carbonyl (C=O) groups excluding carboxylic acids is 4. The summed E-state index contributed by atoms with van der Waals surface area (Å²) in [5.74, 6) is -0.988. The van der Waals surface area contributed by atoms with E-state index in [1.807, 2.05) is 37.3 Å². The summed E-state index contributed by atoms with van der Waals surface area (Å²) in [6, 6.07) is 7.88. The second kappa shape index (κ2) is 8.22. The van der Waals surface area contributed by atoms with Gasteiger partial charge in [-0.1, -0.05) is 30.3 Å². The lowest BCUT2D eigenvalue weighted by Crippen LogP contribution is -2.49. The Hall–Kier alpha value is -2.55. The Morgan fingerprint density at radius 1 is 1.32 bits per heavy atom. The van der Waals surface area contributed by atoms with Gasteiger partial charge in [-0.3, -0.25) is 14.9 Å². The Bertz CT molecular complexity index is 787. The normalized spacial score (nSPS) is 24.4. The number of benzene rings is 1. The van der Waals surface area contributed by atoms with Gasteiger partial charge in [-0.25, -0.2) is 9.59 Å². The first-order chi connectivity index (χ1) is 13.3. The zero-order valence-electron chi connectivity index (χ0n) is 15.8. The van der Waals surface area contributed by atoms with Crippen LogP contribution in [0.1, 0.15) is 32.3 Å². The number of fused-ring (bicyclic) bond motifs is 1. The first kappa shape index (κ1) is 20.2. The molecule has 3 atom stereocenters. The number of amides is 4. The van der Waals surface area contributed by atoms with Gasteiger partial charge in [0.05, 0.1) is 4.87 Å². The topological polar surface area (TPSA) is 105 Å². The Labute approximate surface area is 167 Å². The summed E-state index contributed by atoms with van der Waals surface area (Å²) >= 11 is 1.55. The molecule has 1 aromatic carbocycles. The number of hydrogen-bond donors (Lipinski definition) is 2. The Morgan fingerprint density at radius 2 is 2.04 bits per heavy atom. The van der Waals surface area contributed by atoms with Crippen molar-refractivity contribution in [1.82, 2.24) is 15.5 Å². The Balaban J connectivity index is 1.48. The summed E-state index contributed by atoms with van der Waals surface area (Å²) in [4.78, 5) is 49.8. The van der Waals surface area contributed by atoms with Crippen LogP contribution < -0.4 is 10.6 Å². The van der Waals surface area contributed by atoms with Crippen LogP contribution in [0.25, 0.3) is 0 Å². The van der Waals surface area contributed by atoms with E-state index in [9.17, 15) is 19.2 Å². The van der Waals surface area contributed by atoms with Crippen molar-refractivity contribution in [3.8, 4) is 0 Å². The van der Waals surface area contributed by atoms with E-state index < -0.39 is 30.1 Å². The van der Waals surface area contributed by atoms with Gasteiger partial charge in [0, 0.05) is 18.7 Å². The summed E-state index contributed by atoms with van der Waals surface area (Å²) in [5, 5.41) is 4.72. The first-order valence-electron chi connectivity index (χ1n) is 9.09. The summed E-state index contributed by atoms with van der Waals surface area (Å²) in [5.41, 5.74) is 0.890. The van der Waals surface area contributed by atoms with Crippen LogP contribution >= 0.6 is 11.8 Å². The average Bonchev–Trinajstić information content (AvgIpc) is 3.16. The molecule has 2 saturated heterocycles. The number of hydrogen-bond acceptors (Lipinski definition) is 6. The maximum Gasteiger partial charge on any atom is 0.330 e. The highest BCUT2D eigenvalue weighted by molar-refractivity contribution is 8.01. The van der Waals surface area contributed by atoms with Crippen molar-refractivity contribution in [3.05, 3.63) is 35.9 Å². The molecule has 150 valence electrons. The minimum Gasteiger partial charge on any atom is -0.451 e. The van der Waals surface area contributed by atoms with Crippen molar-refractivity contribution >= 4 is 35.6 Å². The number of urea groups is 1. The van der Waals surface area contributed by atoms with E-state index in [-0.39, 0.29) is 17.3 Å². The van der Waals surface area contributed by atoms with E-state index in [1.165, 1.54) is 6.92 Å². The standard InChI is InChI=1S/C19H23N3O5S/c1-12(16(24)21-18(26)20-10-13-6-4-3-5-7-13)27-17(25)14-11-28-19(2)9-8-15(23)22(14)19/h3-7,12,14H,8-11H2,1-2H3,(H2,20,21,24,26)/t12-,14-,19-/m0/s1. The summed E-state index contributed by atoms with van der Waals surface area (Å²) in [7, 11) is 0. The van der Waals surface area contributed by atoms with Crippen LogP contribution in [0.5, 0.6) is 0 Å². The number of carbonyl (C=O) groups is 4. The fourth-order valence-electron chi connectivity index (χ4n) is 3.34. The van der Waals surface area contributed by atoms with Crippen LogP contribution in [0.2, 0.25) is 0 Å². The highest BCUT2D eigenvalue weighted by Crippen LogP contribution is 2.47. The van der Waals surface area contributed by atoms with Gasteiger partial charge in [0.25, 0.3) is 5.91 Å². The predicted octanol–water partition coefficient (Wildman–Crippen LogP) is 1.40. The molecule has 2 N–H and O–H groups in total. The van der Waals surface area contributed by atoms with Crippen molar-refractivity contribution < 1.29 is 23.9 Å². The Kier molecular flexibility index (Phi) is 5.93. The number of rotatable bonds is 5. The zero-order chi connectivity index (χ0) is 20.3. The van der Waals surface area contributed by atoms with Crippen molar-refractivity contribution in [2.75, 3.05) is 5.75 Å². The highest BCUT2D eigenvalue weighted by atomic mass is 32.2. The maximum atomic E-state index is 12.5. The number of ether oxygens (including phenoxy) is 1. The molecular formula is C19H23N3O5S. The van der Waals surface area contributed by atoms with Crippen LogP contribution in [-0.2, 0) is 25.7 Å². The highest BCUT2D eigenvalue weighted by Gasteiger charge is 2.53. The molecule has 2 fully saturated rings. The van der Waals surface area contributed by atoms with E-state index in [0.29, 0.717) is 18.6 Å². The van der Waals surface area contributed by atoms with Crippen molar-refractivity contribution in [2.45, 2.75) is 50.3 Å². The number of thioether (sulfide) groups is 1. The third kappa shape index (κ3) is 4.30. The summed E-state index contributed by atoms with van der Waals surface area (Å²) < 4.78 is 5.22. The summed E-state index contributed by atoms with van der Waals surface area (Å²) in [6.07, 6.45) is -0.0486. The van der Waals surface area contributed by atoms with Crippen LogP contribution in [0.4, 0.5) is 4.79 Å². The fraction of sp³-hybridized carbons (Fsp3) is 0.474. The van der Waals surface area contributed by atoms with Gasteiger partial charge in [-0.15, -0.1) is 11.8 Å². The van der Waals surface area contributed by atoms with Crippen LogP contribution in [0, 0.1) is 0 Å². The number of nitrogens with zero attached hydrogens (tertiary/aromatic N) is 1. The average molecular weight is 405 g/mol. The molecular weight excluding hydrogens is 382 g/mol. The lowest BCUT2D eigenvalue weighted by atomic mass is 10.2. The van der Waals surface area contributed by atoms with Crippen LogP contribution in [-0.4, -0.2) is 51.5 Å². The number of nitrogens with one attached hydrogen (secondary N) is 2. The molecule has 0 bridgehead atoms. The molecule has 8 nitrogen and oxygen atoms in total. The van der Waals surface area contributed by atoms with Gasteiger partial charge in [0.15, 0.2) is 6.10 Å². The van der Waals surface area contributed by atoms with Gasteiger partial charge in [-0.05, 0) is 25.8 Å². The largest absolute Gasteiger partial charge is 0.451 e. The third-order valence-corrected chi connectivity index (χ3v) is 6.42. The molecule has 0 aliphatic carbocycles. The van der Waals surface area contributed by atoms with Gasteiger partial charge >= 0.3 is 12.0 Å². The van der Waals surface area contributed by atoms with Crippen molar-refractivity contribution in [3.63, 3.8) is 0 Å². The molecule has 0 aromatic heterocycles. The molecule has 3 rings (SSSR count). The van der Waals surface area contributed by atoms with E-state index in [0.717, 1.165) is 5.56 Å². The molecule has 0 spiro atoms. The lowest BCUT2D eigenvalue weighted by molar-refractivity contribution is -0.161. The van der Waals surface area contributed by atoms with E-state index in [1.54, 1.807) is 16.7 Å². The SMILES string of the molecule is C[C@H](OC(=O)[C@@H]1CS[C@@]2(C)CCC(=O)N12)C(=O)NC(=O)NCc1ccccc1. The minimum absolute atomic E-state index is 0.0770. The predicted molar refractivity (Wildman–Crippen MR) is 103 cm³/mol. The van der Waals surface area contributed by atoms with E-state index >= 15 is 0 Å². The third-order valence-electron chi connectivity index (χ3n) is 4.91. The molecule has 0 saturated carbocycles. The lowest BCUT2D eigenvalue weighted by Gasteiger charge is -2.29. The molecule has 28 heavy (non-hydrogen) atoms. The van der Waals surface area contributed by atoms with Crippen molar-refractivity contribution in [2.24, 2.45) is 0 Å². The fourth-order valence-corrected chi connectivity index (χ4v) is 4.75. The molecule has 0 radical (unpaired) electrons. The van der Waals surface area contributed by atoms with E-state index in [4.69, 9.17) is 4.74 Å². The van der Waals surface area contributed by atoms with Crippen LogP contribution in [0.15, 0.2) is 30.3 Å². The van der Waals surface area contributed by atoms with E-state index in [2.05, 4.69) is 10.6 Å². The molecule has 2 aliphatic rings. The molecule has 9 heteroatoms.